The number of carbonyl (C=O) groups is 2. The molecule has 9 heteroatoms. The molecule has 1 amide bonds. The number of benzene rings is 2. The molecule has 0 aliphatic heterocycles. The van der Waals surface area contributed by atoms with E-state index in [1.165, 1.54) is 30.3 Å². The molecule has 0 saturated carbocycles. The van der Waals surface area contributed by atoms with Crippen LogP contribution in [0.4, 0.5) is 11.4 Å². The van der Waals surface area contributed by atoms with E-state index < -0.39 is 23.4 Å². The van der Waals surface area contributed by atoms with E-state index in [9.17, 15) is 24.8 Å². The van der Waals surface area contributed by atoms with Gasteiger partial charge in [0.05, 0.1) is 16.2 Å². The first-order valence-corrected chi connectivity index (χ1v) is 6.86. The normalized spacial score (nSPS) is 9.72. The highest BCUT2D eigenvalue weighted by Gasteiger charge is 2.16. The number of aromatic hydroxyl groups is 1. The van der Waals surface area contributed by atoms with Gasteiger partial charge in [-0.3, -0.25) is 14.9 Å². The van der Waals surface area contributed by atoms with Gasteiger partial charge >= 0.3 is 5.97 Å². The van der Waals surface area contributed by atoms with Crippen LogP contribution in [0, 0.1) is 21.4 Å². The summed E-state index contributed by atoms with van der Waals surface area (Å²) in [5.41, 5.74) is -0.435. The minimum atomic E-state index is -0.891. The van der Waals surface area contributed by atoms with Crippen molar-refractivity contribution in [2.45, 2.75) is 0 Å². The van der Waals surface area contributed by atoms with Crippen LogP contribution >= 0.6 is 0 Å². The van der Waals surface area contributed by atoms with Crippen molar-refractivity contribution in [1.29, 1.82) is 5.26 Å². The number of phenols is 1. The SMILES string of the molecule is N#Cc1cc([N+](=O)[O-])ccc1NC(=O)COC(=O)c1ccccc1O. The number of carbonyl (C=O) groups excluding carboxylic acids is 2. The summed E-state index contributed by atoms with van der Waals surface area (Å²) in [5.74, 6) is -1.92. The van der Waals surface area contributed by atoms with Gasteiger partial charge in [-0.1, -0.05) is 12.1 Å². The van der Waals surface area contributed by atoms with Crippen LogP contribution in [0.5, 0.6) is 5.75 Å². The number of nitriles is 1. The molecule has 0 aromatic heterocycles. The lowest BCUT2D eigenvalue weighted by Crippen LogP contribution is -2.21. The van der Waals surface area contributed by atoms with E-state index in [1.807, 2.05) is 0 Å². The Balaban J connectivity index is 2.01. The summed E-state index contributed by atoms with van der Waals surface area (Å²) in [5, 5.41) is 31.5. The van der Waals surface area contributed by atoms with Gasteiger partial charge < -0.3 is 15.2 Å². The molecule has 25 heavy (non-hydrogen) atoms. The molecule has 126 valence electrons. The first-order valence-electron chi connectivity index (χ1n) is 6.86. The van der Waals surface area contributed by atoms with Gasteiger partial charge in [0.15, 0.2) is 6.61 Å². The zero-order valence-corrected chi connectivity index (χ0v) is 12.6. The van der Waals surface area contributed by atoms with E-state index in [-0.39, 0.29) is 28.3 Å². The average Bonchev–Trinajstić information content (AvgIpc) is 2.60. The van der Waals surface area contributed by atoms with Gasteiger partial charge in [-0.15, -0.1) is 0 Å². The van der Waals surface area contributed by atoms with E-state index in [0.29, 0.717) is 0 Å². The summed E-state index contributed by atoms with van der Waals surface area (Å²) >= 11 is 0. The van der Waals surface area contributed by atoms with Crippen molar-refractivity contribution in [3.63, 3.8) is 0 Å². The number of non-ortho nitro benzene ring substituents is 1. The van der Waals surface area contributed by atoms with Gasteiger partial charge in [-0.25, -0.2) is 4.79 Å². The number of para-hydroxylation sites is 1. The number of nitro groups is 1. The minimum Gasteiger partial charge on any atom is -0.507 e. The van der Waals surface area contributed by atoms with Crippen LogP contribution in [0.3, 0.4) is 0 Å². The monoisotopic (exact) mass is 341 g/mol. The maximum absolute atomic E-state index is 11.8. The van der Waals surface area contributed by atoms with E-state index in [0.717, 1.165) is 12.1 Å². The Bertz CT molecular complexity index is 888. The molecule has 0 aliphatic rings. The molecule has 0 bridgehead atoms. The standard InChI is InChI=1S/C16H11N3O6/c17-8-10-7-11(19(23)24)5-6-13(10)18-15(21)9-25-16(22)12-3-1-2-4-14(12)20/h1-7,20H,9H2,(H,18,21). The number of nitrogens with one attached hydrogen (secondary N) is 1. The maximum Gasteiger partial charge on any atom is 0.342 e. The number of nitrogens with zero attached hydrogens (tertiary/aromatic N) is 2. The van der Waals surface area contributed by atoms with E-state index in [1.54, 1.807) is 6.07 Å². The Morgan fingerprint density at radius 1 is 1.28 bits per heavy atom. The fourth-order valence-corrected chi connectivity index (χ4v) is 1.89. The number of amides is 1. The van der Waals surface area contributed by atoms with Crippen LogP contribution in [0.1, 0.15) is 15.9 Å². The molecule has 9 nitrogen and oxygen atoms in total. The van der Waals surface area contributed by atoms with Crippen LogP contribution in [-0.4, -0.2) is 28.5 Å². The largest absolute Gasteiger partial charge is 0.507 e. The van der Waals surface area contributed by atoms with Crippen molar-refractivity contribution in [1.82, 2.24) is 0 Å². The van der Waals surface area contributed by atoms with Gasteiger partial charge in [-0.2, -0.15) is 5.26 Å². The molecule has 2 aromatic rings. The molecule has 2 N–H and O–H groups in total. The molecule has 0 spiro atoms. The number of nitro benzene ring substituents is 1. The number of phenolic OH excluding ortho intramolecular Hbond substituents is 1. The summed E-state index contributed by atoms with van der Waals surface area (Å²) in [6.07, 6.45) is 0. The van der Waals surface area contributed by atoms with Crippen LogP contribution < -0.4 is 5.32 Å². The van der Waals surface area contributed by atoms with Crippen molar-refractivity contribution < 1.29 is 24.4 Å². The molecule has 0 unspecified atom stereocenters. The van der Waals surface area contributed by atoms with Crippen LogP contribution in [0.15, 0.2) is 42.5 Å². The zero-order valence-electron chi connectivity index (χ0n) is 12.6. The Hall–Kier alpha value is -3.93. The summed E-state index contributed by atoms with van der Waals surface area (Å²) in [6, 6.07) is 10.8. The second-order valence-corrected chi connectivity index (χ2v) is 4.74. The number of anilines is 1. The Morgan fingerprint density at radius 2 is 2.00 bits per heavy atom. The average molecular weight is 341 g/mol. The predicted octanol–water partition coefficient (Wildman–Crippen LogP) is 1.97. The number of hydrogen-bond donors (Lipinski definition) is 2. The molecule has 0 radical (unpaired) electrons. The first-order chi connectivity index (χ1) is 11.9. The molecule has 0 saturated heterocycles. The molecule has 0 aliphatic carbocycles. The van der Waals surface area contributed by atoms with Crippen LogP contribution in [0.25, 0.3) is 0 Å². The highest BCUT2D eigenvalue weighted by atomic mass is 16.6. The number of hydrogen-bond acceptors (Lipinski definition) is 7. The third-order valence-corrected chi connectivity index (χ3v) is 3.07. The van der Waals surface area contributed by atoms with Crippen molar-refractivity contribution in [2.24, 2.45) is 0 Å². The minimum absolute atomic E-state index is 0.0525. The highest BCUT2D eigenvalue weighted by molar-refractivity contribution is 5.97. The molecule has 2 aromatic carbocycles. The van der Waals surface area contributed by atoms with Gasteiger partial charge in [0.25, 0.3) is 11.6 Å². The third kappa shape index (κ3) is 4.29. The summed E-state index contributed by atoms with van der Waals surface area (Å²) in [7, 11) is 0. The van der Waals surface area contributed by atoms with E-state index >= 15 is 0 Å². The summed E-state index contributed by atoms with van der Waals surface area (Å²) in [4.78, 5) is 33.6. The van der Waals surface area contributed by atoms with Gasteiger partial charge in [0, 0.05) is 12.1 Å². The Morgan fingerprint density at radius 3 is 2.64 bits per heavy atom. The second kappa shape index (κ2) is 7.56. The van der Waals surface area contributed by atoms with Crippen molar-refractivity contribution >= 4 is 23.3 Å². The zero-order chi connectivity index (χ0) is 18.4. The smallest absolute Gasteiger partial charge is 0.342 e. The molecular formula is C16H11N3O6. The van der Waals surface area contributed by atoms with Gasteiger partial charge in [-0.05, 0) is 18.2 Å². The number of rotatable bonds is 5. The predicted molar refractivity (Wildman–Crippen MR) is 84.8 cm³/mol. The maximum atomic E-state index is 11.8. The molecule has 0 atom stereocenters. The molecular weight excluding hydrogens is 330 g/mol. The fraction of sp³-hybridized carbons (Fsp3) is 0.0625. The Kier molecular flexibility index (Phi) is 5.27. The fourth-order valence-electron chi connectivity index (χ4n) is 1.89. The van der Waals surface area contributed by atoms with Crippen LogP contribution in [-0.2, 0) is 9.53 Å². The lowest BCUT2D eigenvalue weighted by atomic mass is 10.1. The molecule has 0 heterocycles. The molecule has 0 fully saturated rings. The van der Waals surface area contributed by atoms with Gasteiger partial charge in [0.1, 0.15) is 17.4 Å². The lowest BCUT2D eigenvalue weighted by molar-refractivity contribution is -0.384. The van der Waals surface area contributed by atoms with E-state index in [2.05, 4.69) is 5.32 Å². The third-order valence-electron chi connectivity index (χ3n) is 3.07. The second-order valence-electron chi connectivity index (χ2n) is 4.74. The quantitative estimate of drug-likeness (QED) is 0.481. The van der Waals surface area contributed by atoms with Crippen molar-refractivity contribution in [3.05, 3.63) is 63.7 Å². The highest BCUT2D eigenvalue weighted by Crippen LogP contribution is 2.21. The van der Waals surface area contributed by atoms with Crippen LogP contribution in [0.2, 0.25) is 0 Å². The van der Waals surface area contributed by atoms with Crippen molar-refractivity contribution in [2.75, 3.05) is 11.9 Å². The Labute approximate surface area is 141 Å². The van der Waals surface area contributed by atoms with E-state index in [4.69, 9.17) is 10.00 Å². The van der Waals surface area contributed by atoms with Crippen molar-refractivity contribution in [3.8, 4) is 11.8 Å². The topological polar surface area (TPSA) is 143 Å². The first kappa shape index (κ1) is 17.4. The summed E-state index contributed by atoms with van der Waals surface area (Å²) < 4.78 is 4.78. The molecule has 2 rings (SSSR count). The number of esters is 1. The number of ether oxygens (including phenoxy) is 1. The van der Waals surface area contributed by atoms with Gasteiger partial charge in [0.2, 0.25) is 0 Å². The summed E-state index contributed by atoms with van der Waals surface area (Å²) in [6.45, 7) is -0.658. The lowest BCUT2D eigenvalue weighted by Gasteiger charge is -2.08.